The lowest BCUT2D eigenvalue weighted by molar-refractivity contribution is -0.138. The fraction of sp³-hybridized carbons (Fsp3) is 0.400. The van der Waals surface area contributed by atoms with Gasteiger partial charge in [-0.2, -0.15) is 0 Å². The van der Waals surface area contributed by atoms with Crippen LogP contribution in [0.1, 0.15) is 131 Å². The number of aliphatic carboxylic acids is 7. The quantitative estimate of drug-likeness (QED) is 0.0257. The molecular formula is C50H71N5O26S2. The number of primary sulfonamides is 2. The predicted octanol–water partition coefficient (Wildman–Crippen LogP) is 1.81. The Balaban J connectivity index is -0.000000444. The number of carboxylic acid groups (broad SMARTS) is 10. The van der Waals surface area contributed by atoms with Crippen molar-refractivity contribution in [3.8, 4) is 0 Å². The molecule has 3 aromatic carbocycles. The van der Waals surface area contributed by atoms with Gasteiger partial charge in [0.15, 0.2) is 5.78 Å². The second-order valence-electron chi connectivity index (χ2n) is 16.7. The van der Waals surface area contributed by atoms with Gasteiger partial charge in [0.1, 0.15) is 5.78 Å². The first kappa shape index (κ1) is 80.7. The number of carboxylic acids is 10. The van der Waals surface area contributed by atoms with Gasteiger partial charge in [-0.15, -0.1) is 0 Å². The molecule has 83 heavy (non-hydrogen) atoms. The average molecular weight is 1220 g/mol. The summed E-state index contributed by atoms with van der Waals surface area (Å²) in [5.74, 6) is -10.5. The Labute approximate surface area is 476 Å². The number of carbonyl (C=O) groups excluding carboxylic acids is 2. The highest BCUT2D eigenvalue weighted by molar-refractivity contribution is 7.89. The monoisotopic (exact) mass is 1220 g/mol. The number of hydrogen-bond acceptors (Lipinski definition) is 19. The van der Waals surface area contributed by atoms with Crippen LogP contribution in [0, 0.1) is 0 Å². The molecule has 33 heteroatoms. The van der Waals surface area contributed by atoms with E-state index < -0.39 is 91.9 Å². The molecule has 0 amide bonds. The van der Waals surface area contributed by atoms with Crippen molar-refractivity contribution in [1.82, 2.24) is 10.6 Å². The average Bonchev–Trinajstić information content (AvgIpc) is 3.35. The second-order valence-corrected chi connectivity index (χ2v) is 20.1. The van der Waals surface area contributed by atoms with Gasteiger partial charge in [0.25, 0.3) is 0 Å². The van der Waals surface area contributed by atoms with Crippen molar-refractivity contribution >= 4 is 97.0 Å². The maximum atomic E-state index is 10.9. The Hall–Kier alpha value is -8.76. The van der Waals surface area contributed by atoms with E-state index >= 15 is 0 Å². The Kier molecular flexibility index (Phi) is 44.6. The van der Waals surface area contributed by atoms with Crippen molar-refractivity contribution in [3.05, 3.63) is 100 Å². The number of rotatable bonds is 30. The summed E-state index contributed by atoms with van der Waals surface area (Å²) in [6.07, 6.45) is 4.04. The van der Waals surface area contributed by atoms with Crippen molar-refractivity contribution in [3.63, 3.8) is 0 Å². The number of unbranched alkanes of at least 4 members (excludes halogenated alkanes) is 1. The van der Waals surface area contributed by atoms with Gasteiger partial charge in [-0.05, 0) is 106 Å². The SMILES string of the molecule is CC(=O)CCCc1ccc(C(=O)O)cc1.CC(=O)c1cc(N)cc(C(=O)O)c1.NS(=O)(=O)CCC(=O)O.NS(=O)(=O)CCCC(=O)O.O=C(O)CCCCc1ccc(C(=O)O)cc1.O=C(O)CCNCC(=O)O.O=C(O)CCNCC(=O)O. The molecule has 0 saturated carbocycles. The third-order valence-corrected chi connectivity index (χ3v) is 10.7. The van der Waals surface area contributed by atoms with Crippen molar-refractivity contribution in [1.29, 1.82) is 0 Å². The van der Waals surface area contributed by atoms with Crippen LogP contribution in [-0.2, 0) is 71.2 Å². The number of ketones is 2. The Morgan fingerprint density at radius 2 is 0.747 bits per heavy atom. The minimum Gasteiger partial charge on any atom is -0.481 e. The molecule has 0 bridgehead atoms. The molecule has 0 aromatic heterocycles. The summed E-state index contributed by atoms with van der Waals surface area (Å²) in [6.45, 7) is 2.96. The predicted molar refractivity (Wildman–Crippen MR) is 294 cm³/mol. The molecule has 0 aliphatic carbocycles. The smallest absolute Gasteiger partial charge is 0.335 e. The number of Topliss-reactive ketones (excluding diaryl/α,β-unsaturated/α-hetero) is 2. The van der Waals surface area contributed by atoms with Crippen LogP contribution in [0.4, 0.5) is 5.69 Å². The molecular weight excluding hydrogens is 1150 g/mol. The normalized spacial score (nSPS) is 10.0. The molecule has 3 rings (SSSR count). The number of anilines is 1. The van der Waals surface area contributed by atoms with Gasteiger partial charge in [-0.3, -0.25) is 38.4 Å². The topological polar surface area (TPSA) is 578 Å². The van der Waals surface area contributed by atoms with Gasteiger partial charge < -0.3 is 72.2 Å². The molecule has 464 valence electrons. The lowest BCUT2D eigenvalue weighted by Gasteiger charge is -2.01. The maximum Gasteiger partial charge on any atom is 0.335 e. The van der Waals surface area contributed by atoms with E-state index in [0.29, 0.717) is 24.0 Å². The summed E-state index contributed by atoms with van der Waals surface area (Å²) < 4.78 is 40.5. The largest absolute Gasteiger partial charge is 0.481 e. The lowest BCUT2D eigenvalue weighted by Crippen LogP contribution is -2.24. The first-order valence-electron chi connectivity index (χ1n) is 24.0. The van der Waals surface area contributed by atoms with Crippen LogP contribution in [-0.4, -0.2) is 177 Å². The summed E-state index contributed by atoms with van der Waals surface area (Å²) in [5.41, 5.74) is 8.73. The van der Waals surface area contributed by atoms with Crippen LogP contribution < -0.4 is 26.6 Å². The van der Waals surface area contributed by atoms with E-state index in [1.54, 1.807) is 55.5 Å². The molecule has 31 nitrogen and oxygen atoms in total. The van der Waals surface area contributed by atoms with E-state index in [1.165, 1.54) is 25.1 Å². The molecule has 0 spiro atoms. The van der Waals surface area contributed by atoms with E-state index in [1.807, 2.05) is 0 Å². The highest BCUT2D eigenvalue weighted by Gasteiger charge is 2.09. The zero-order valence-corrected chi connectivity index (χ0v) is 46.8. The molecule has 0 radical (unpaired) electrons. The summed E-state index contributed by atoms with van der Waals surface area (Å²) >= 11 is 0. The molecule has 18 N–H and O–H groups in total. The van der Waals surface area contributed by atoms with Crippen LogP contribution >= 0.6 is 0 Å². The molecule has 0 fully saturated rings. The van der Waals surface area contributed by atoms with Gasteiger partial charge >= 0.3 is 59.7 Å². The molecule has 0 aliphatic heterocycles. The Morgan fingerprint density at radius 3 is 1.05 bits per heavy atom. The Bertz CT molecular complexity index is 2710. The van der Waals surface area contributed by atoms with Crippen molar-refractivity contribution in [2.45, 2.75) is 90.9 Å². The first-order valence-corrected chi connectivity index (χ1v) is 27.4. The van der Waals surface area contributed by atoms with E-state index in [-0.39, 0.29) is 92.4 Å². The van der Waals surface area contributed by atoms with Gasteiger partial charge in [-0.1, -0.05) is 24.3 Å². The highest BCUT2D eigenvalue weighted by Crippen LogP contribution is 2.13. The molecule has 0 saturated heterocycles. The van der Waals surface area contributed by atoms with Gasteiger partial charge in [0.2, 0.25) is 20.0 Å². The minimum absolute atomic E-state index is 0.0326. The van der Waals surface area contributed by atoms with Crippen LogP contribution in [0.15, 0.2) is 66.7 Å². The molecule has 0 unspecified atom stereocenters. The van der Waals surface area contributed by atoms with Crippen LogP contribution in [0.3, 0.4) is 0 Å². The number of nitrogen functional groups attached to an aromatic ring is 1. The van der Waals surface area contributed by atoms with Gasteiger partial charge in [-0.25, -0.2) is 41.5 Å². The Morgan fingerprint density at radius 1 is 0.398 bits per heavy atom. The number of aromatic carboxylic acids is 3. The summed E-state index contributed by atoms with van der Waals surface area (Å²) in [4.78, 5) is 123. The zero-order valence-electron chi connectivity index (χ0n) is 45.1. The summed E-state index contributed by atoms with van der Waals surface area (Å²) in [7, 11) is -7.08. The number of nitrogens with two attached hydrogens (primary N) is 3. The van der Waals surface area contributed by atoms with E-state index in [4.69, 9.17) is 56.8 Å². The number of aryl methyl sites for hydroxylation is 2. The van der Waals surface area contributed by atoms with Crippen molar-refractivity contribution in [2.24, 2.45) is 10.3 Å². The molecule has 0 heterocycles. The summed E-state index contributed by atoms with van der Waals surface area (Å²) in [6, 6.07) is 17.5. The fourth-order valence-corrected chi connectivity index (χ4v) is 6.19. The minimum atomic E-state index is -3.60. The standard InChI is InChI=1S/C12H14O4.C12H14O3.C9H9NO3.2C5H9NO4.C4H9NO4S.C3H7NO4S/c13-11(14)4-2-1-3-9-5-7-10(8-6-9)12(15)16;1-9(13)3-2-4-10-5-7-11(8-6-10)12(14)15;1-5(11)6-2-7(9(12)13)4-8(10)3-6;2*7-4(8)1-2-6-3-5(9)10;5-10(8,9)3-1-2-4(6)7;4-9(7,8)2-1-3(5)6/h5-8H,1-4H2,(H,13,14)(H,15,16);5-8H,2-4H2,1H3,(H,14,15);2-4H,10H2,1H3,(H,12,13);2*6H,1-3H2,(H,7,8)(H,9,10);1-3H2,(H,6,7)(H2,5,8,9);1-2H2,(H,5,6)(H2,4,7,8). The molecule has 0 atom stereocenters. The van der Waals surface area contributed by atoms with Crippen LogP contribution in [0.25, 0.3) is 0 Å². The third-order valence-electron chi connectivity index (χ3n) is 9.11. The fourth-order valence-electron chi connectivity index (χ4n) is 5.19. The van der Waals surface area contributed by atoms with Gasteiger partial charge in [0.05, 0.1) is 60.5 Å². The number of sulfonamides is 2. The number of benzene rings is 3. The third kappa shape index (κ3) is 59.2. The number of carbonyl (C=O) groups is 12. The number of hydrogen-bond donors (Lipinski definition) is 15. The highest BCUT2D eigenvalue weighted by atomic mass is 32.2. The lowest BCUT2D eigenvalue weighted by atomic mass is 10.1. The molecule has 0 aliphatic rings. The second kappa shape index (κ2) is 45.9. The number of nitrogens with one attached hydrogen (secondary N) is 2. The maximum absolute atomic E-state index is 10.9. The summed E-state index contributed by atoms with van der Waals surface area (Å²) in [5, 5.41) is 96.8. The molecule has 3 aromatic rings. The van der Waals surface area contributed by atoms with E-state index in [9.17, 15) is 74.4 Å². The van der Waals surface area contributed by atoms with E-state index in [0.717, 1.165) is 36.8 Å². The van der Waals surface area contributed by atoms with Crippen molar-refractivity contribution < 1.29 is 125 Å². The van der Waals surface area contributed by atoms with Crippen LogP contribution in [0.5, 0.6) is 0 Å². The first-order chi connectivity index (χ1) is 38.3. The van der Waals surface area contributed by atoms with E-state index in [2.05, 4.69) is 20.9 Å². The van der Waals surface area contributed by atoms with Gasteiger partial charge in [0, 0.05) is 43.6 Å². The van der Waals surface area contributed by atoms with Crippen molar-refractivity contribution in [2.75, 3.05) is 43.4 Å². The zero-order chi connectivity index (χ0) is 64.9. The van der Waals surface area contributed by atoms with Crippen LogP contribution in [0.2, 0.25) is 0 Å².